The minimum Gasteiger partial charge on any atom is -0.319 e. The Kier molecular flexibility index (Phi) is 3.84. The van der Waals surface area contributed by atoms with Crippen LogP contribution in [0.1, 0.15) is 10.4 Å². The van der Waals surface area contributed by atoms with Gasteiger partial charge in [-0.25, -0.2) is 18.2 Å². The predicted octanol–water partition coefficient (Wildman–Crippen LogP) is 3.51. The van der Waals surface area contributed by atoms with E-state index in [0.717, 1.165) is 12.1 Å². The van der Waals surface area contributed by atoms with Crippen molar-refractivity contribution in [3.63, 3.8) is 0 Å². The number of halogens is 4. The maximum atomic E-state index is 13.4. The van der Waals surface area contributed by atoms with Gasteiger partial charge in [-0.1, -0.05) is 0 Å². The van der Waals surface area contributed by atoms with Gasteiger partial charge in [0.15, 0.2) is 17.5 Å². The molecule has 0 atom stereocenters. The van der Waals surface area contributed by atoms with Crippen molar-refractivity contribution in [3.05, 3.63) is 58.1 Å². The molecule has 0 unspecified atom stereocenters. The number of rotatable bonds is 2. The molecule has 1 heterocycles. The summed E-state index contributed by atoms with van der Waals surface area (Å²) in [6.07, 6.45) is 1.46. The van der Waals surface area contributed by atoms with E-state index < -0.39 is 29.0 Å². The summed E-state index contributed by atoms with van der Waals surface area (Å²) in [5.41, 5.74) is -0.300. The molecule has 0 aliphatic rings. The number of anilines is 1. The van der Waals surface area contributed by atoms with Crippen LogP contribution in [-0.2, 0) is 0 Å². The molecule has 0 saturated heterocycles. The summed E-state index contributed by atoms with van der Waals surface area (Å²) >= 11 is 3.06. The van der Waals surface area contributed by atoms with Gasteiger partial charge in [-0.3, -0.25) is 4.79 Å². The van der Waals surface area contributed by atoms with Crippen LogP contribution in [0.25, 0.3) is 0 Å². The van der Waals surface area contributed by atoms with Gasteiger partial charge < -0.3 is 5.32 Å². The van der Waals surface area contributed by atoms with Crippen LogP contribution in [0.2, 0.25) is 0 Å². The lowest BCUT2D eigenvalue weighted by molar-refractivity contribution is 0.102. The highest BCUT2D eigenvalue weighted by Crippen LogP contribution is 2.21. The van der Waals surface area contributed by atoms with Crippen molar-refractivity contribution in [1.29, 1.82) is 0 Å². The van der Waals surface area contributed by atoms with Crippen molar-refractivity contribution in [2.24, 2.45) is 0 Å². The monoisotopic (exact) mass is 330 g/mol. The van der Waals surface area contributed by atoms with Gasteiger partial charge in [0.25, 0.3) is 5.91 Å². The summed E-state index contributed by atoms with van der Waals surface area (Å²) in [5, 5.41) is 2.14. The molecule has 0 aliphatic heterocycles. The third-order valence-corrected chi connectivity index (χ3v) is 2.92. The molecular formula is C12H6BrF3N2O. The molecule has 0 radical (unpaired) electrons. The number of pyridine rings is 1. The zero-order chi connectivity index (χ0) is 14.0. The molecule has 0 fully saturated rings. The van der Waals surface area contributed by atoms with E-state index in [1.165, 1.54) is 18.3 Å². The van der Waals surface area contributed by atoms with Crippen LogP contribution in [0.15, 0.2) is 35.1 Å². The molecule has 98 valence electrons. The molecule has 2 aromatic rings. The summed E-state index contributed by atoms with van der Waals surface area (Å²) in [6, 6.07) is 4.63. The van der Waals surface area contributed by atoms with Crippen LogP contribution >= 0.6 is 15.9 Å². The Balaban J connectivity index is 2.30. The van der Waals surface area contributed by atoms with Gasteiger partial charge >= 0.3 is 0 Å². The first-order chi connectivity index (χ1) is 9.00. The Morgan fingerprint density at radius 3 is 2.58 bits per heavy atom. The fourth-order valence-corrected chi connectivity index (χ4v) is 1.80. The summed E-state index contributed by atoms with van der Waals surface area (Å²) in [5.74, 6) is -5.10. The zero-order valence-corrected chi connectivity index (χ0v) is 10.8. The predicted molar refractivity (Wildman–Crippen MR) is 66.2 cm³/mol. The standard InChI is InChI=1S/C12H6BrF3N2O/c13-11-6(2-1-5-17-11)12(19)18-8-4-3-7(14)9(15)10(8)16/h1-5H,(H,18,19). The van der Waals surface area contributed by atoms with E-state index in [1.54, 1.807) is 0 Å². The molecule has 0 spiro atoms. The Labute approximate surface area is 114 Å². The van der Waals surface area contributed by atoms with Gasteiger partial charge in [-0.05, 0) is 40.2 Å². The molecule has 7 heteroatoms. The van der Waals surface area contributed by atoms with Gasteiger partial charge in [-0.2, -0.15) is 0 Å². The number of hydrogen-bond donors (Lipinski definition) is 1. The Morgan fingerprint density at radius 2 is 1.89 bits per heavy atom. The number of nitrogens with one attached hydrogen (secondary N) is 1. The second kappa shape index (κ2) is 5.40. The lowest BCUT2D eigenvalue weighted by Crippen LogP contribution is -2.14. The molecule has 1 N–H and O–H groups in total. The van der Waals surface area contributed by atoms with Gasteiger partial charge in [0.1, 0.15) is 4.60 Å². The van der Waals surface area contributed by atoms with E-state index in [0.29, 0.717) is 0 Å². The molecule has 1 aromatic carbocycles. The summed E-state index contributed by atoms with van der Waals surface area (Å²) in [4.78, 5) is 15.6. The van der Waals surface area contributed by atoms with E-state index >= 15 is 0 Å². The SMILES string of the molecule is O=C(Nc1ccc(F)c(F)c1F)c1cccnc1Br. The molecule has 1 amide bonds. The maximum Gasteiger partial charge on any atom is 0.258 e. The number of benzene rings is 1. The second-order valence-corrected chi connectivity index (χ2v) is 4.27. The lowest BCUT2D eigenvalue weighted by Gasteiger charge is -2.08. The van der Waals surface area contributed by atoms with E-state index in [1.807, 2.05) is 0 Å². The van der Waals surface area contributed by atoms with Crippen molar-refractivity contribution < 1.29 is 18.0 Å². The molecule has 2 rings (SSSR count). The van der Waals surface area contributed by atoms with Crippen molar-refractivity contribution >= 4 is 27.5 Å². The van der Waals surface area contributed by atoms with Gasteiger partial charge in [0.2, 0.25) is 0 Å². The van der Waals surface area contributed by atoms with Crippen LogP contribution in [0.4, 0.5) is 18.9 Å². The normalized spacial score (nSPS) is 10.3. The highest BCUT2D eigenvalue weighted by molar-refractivity contribution is 9.10. The largest absolute Gasteiger partial charge is 0.319 e. The van der Waals surface area contributed by atoms with Crippen LogP contribution in [0.3, 0.4) is 0 Å². The highest BCUT2D eigenvalue weighted by atomic mass is 79.9. The van der Waals surface area contributed by atoms with Crippen LogP contribution < -0.4 is 5.32 Å². The Morgan fingerprint density at radius 1 is 1.16 bits per heavy atom. The van der Waals surface area contributed by atoms with Crippen LogP contribution in [0.5, 0.6) is 0 Å². The summed E-state index contributed by atoms with van der Waals surface area (Å²) in [7, 11) is 0. The molecule has 19 heavy (non-hydrogen) atoms. The molecule has 0 saturated carbocycles. The van der Waals surface area contributed by atoms with Gasteiger partial charge in [0.05, 0.1) is 11.3 Å². The van der Waals surface area contributed by atoms with Crippen molar-refractivity contribution in [2.45, 2.75) is 0 Å². The van der Waals surface area contributed by atoms with Crippen molar-refractivity contribution in [3.8, 4) is 0 Å². The smallest absolute Gasteiger partial charge is 0.258 e. The summed E-state index contributed by atoms with van der Waals surface area (Å²) in [6.45, 7) is 0. The number of carbonyl (C=O) groups is 1. The highest BCUT2D eigenvalue weighted by Gasteiger charge is 2.17. The molecule has 3 nitrogen and oxygen atoms in total. The quantitative estimate of drug-likeness (QED) is 0.676. The number of aromatic nitrogens is 1. The minimum atomic E-state index is -1.64. The Hall–Kier alpha value is -1.89. The average Bonchev–Trinajstić information content (AvgIpc) is 2.40. The lowest BCUT2D eigenvalue weighted by atomic mass is 10.2. The van der Waals surface area contributed by atoms with E-state index in [4.69, 9.17) is 0 Å². The first-order valence-electron chi connectivity index (χ1n) is 5.06. The first kappa shape index (κ1) is 13.5. The van der Waals surface area contributed by atoms with Crippen LogP contribution in [0, 0.1) is 17.5 Å². The van der Waals surface area contributed by atoms with Crippen molar-refractivity contribution in [2.75, 3.05) is 5.32 Å². The molecule has 0 aliphatic carbocycles. The first-order valence-corrected chi connectivity index (χ1v) is 5.85. The topological polar surface area (TPSA) is 42.0 Å². The van der Waals surface area contributed by atoms with Crippen LogP contribution in [-0.4, -0.2) is 10.9 Å². The number of hydrogen-bond acceptors (Lipinski definition) is 2. The second-order valence-electron chi connectivity index (χ2n) is 3.52. The molecule has 1 aromatic heterocycles. The molecule has 0 bridgehead atoms. The summed E-state index contributed by atoms with van der Waals surface area (Å²) < 4.78 is 39.4. The maximum absolute atomic E-state index is 13.4. The molecular weight excluding hydrogens is 325 g/mol. The fourth-order valence-electron chi connectivity index (χ4n) is 1.37. The Bertz CT molecular complexity index is 649. The van der Waals surface area contributed by atoms with Crippen molar-refractivity contribution in [1.82, 2.24) is 4.98 Å². The van der Waals surface area contributed by atoms with Gasteiger partial charge in [0, 0.05) is 6.20 Å². The fraction of sp³-hybridized carbons (Fsp3) is 0. The van der Waals surface area contributed by atoms with Gasteiger partial charge in [-0.15, -0.1) is 0 Å². The number of nitrogens with zero attached hydrogens (tertiary/aromatic N) is 1. The van der Waals surface area contributed by atoms with E-state index in [9.17, 15) is 18.0 Å². The minimum absolute atomic E-state index is 0.145. The third kappa shape index (κ3) is 2.76. The van der Waals surface area contributed by atoms with E-state index in [-0.39, 0.29) is 10.2 Å². The van der Waals surface area contributed by atoms with E-state index in [2.05, 4.69) is 26.2 Å². The number of carbonyl (C=O) groups excluding carboxylic acids is 1. The third-order valence-electron chi connectivity index (χ3n) is 2.29. The number of amides is 1. The average molecular weight is 331 g/mol. The zero-order valence-electron chi connectivity index (χ0n) is 9.25.